The smallest absolute Gasteiger partial charge is 0.262 e. The van der Waals surface area contributed by atoms with E-state index in [9.17, 15) is 9.59 Å². The van der Waals surface area contributed by atoms with Crippen LogP contribution in [0.4, 0.5) is 0 Å². The third-order valence-electron chi connectivity index (χ3n) is 6.82. The Morgan fingerprint density at radius 1 is 1.08 bits per heavy atom. The lowest BCUT2D eigenvalue weighted by Gasteiger charge is -2.31. The quantitative estimate of drug-likeness (QED) is 0.537. The Kier molecular flexibility index (Phi) is 8.72. The maximum atomic E-state index is 13.6. The van der Waals surface area contributed by atoms with Crippen molar-refractivity contribution in [1.29, 1.82) is 0 Å². The van der Waals surface area contributed by atoms with E-state index >= 15 is 0 Å². The maximum absolute atomic E-state index is 13.6. The van der Waals surface area contributed by atoms with Crippen molar-refractivity contribution in [2.45, 2.75) is 32.7 Å². The standard InChI is InChI=1S/C28H36N4O4/c1-4-27(33)31(14-13-30-15-17-36-18-16-30)20-28(34)32-26(23-7-5-21(2)6-8-23)19-25(29-32)22-9-11-24(35-3)12-10-22/h5-12,26H,4,13-20H2,1-3H3. The number of carbonyl (C=O) groups is 2. The SMILES string of the molecule is CCC(=O)N(CCN1CCOCC1)CC(=O)N1N=C(c2ccc(OC)cc2)CC1c1ccc(C)cc1. The van der Waals surface area contributed by atoms with Gasteiger partial charge in [0, 0.05) is 39.0 Å². The number of morpholine rings is 1. The fourth-order valence-electron chi connectivity index (χ4n) is 4.58. The van der Waals surface area contributed by atoms with Gasteiger partial charge in [0.25, 0.3) is 5.91 Å². The minimum atomic E-state index is -0.215. The summed E-state index contributed by atoms with van der Waals surface area (Å²) in [5.41, 5.74) is 3.99. The average molecular weight is 493 g/mol. The highest BCUT2D eigenvalue weighted by Gasteiger charge is 2.34. The molecule has 0 N–H and O–H groups in total. The maximum Gasteiger partial charge on any atom is 0.262 e. The third kappa shape index (κ3) is 6.30. The molecule has 192 valence electrons. The van der Waals surface area contributed by atoms with E-state index in [2.05, 4.69) is 29.2 Å². The molecule has 0 aromatic heterocycles. The molecule has 2 aromatic carbocycles. The van der Waals surface area contributed by atoms with Crippen LogP contribution < -0.4 is 4.74 Å². The zero-order valence-corrected chi connectivity index (χ0v) is 21.5. The van der Waals surface area contributed by atoms with Gasteiger partial charge in [-0.1, -0.05) is 36.8 Å². The molecule has 2 aromatic rings. The zero-order chi connectivity index (χ0) is 25.5. The van der Waals surface area contributed by atoms with Crippen LogP contribution in [0.2, 0.25) is 0 Å². The highest BCUT2D eigenvalue weighted by molar-refractivity contribution is 6.03. The van der Waals surface area contributed by atoms with Crippen molar-refractivity contribution < 1.29 is 19.1 Å². The molecule has 2 amide bonds. The van der Waals surface area contributed by atoms with Gasteiger partial charge in [-0.05, 0) is 42.3 Å². The number of hydrogen-bond acceptors (Lipinski definition) is 6. The van der Waals surface area contributed by atoms with Crippen LogP contribution in [0.25, 0.3) is 0 Å². The second-order valence-electron chi connectivity index (χ2n) is 9.27. The molecule has 4 rings (SSSR count). The predicted octanol–water partition coefficient (Wildman–Crippen LogP) is 3.25. The number of amides is 2. The van der Waals surface area contributed by atoms with Gasteiger partial charge in [-0.3, -0.25) is 14.5 Å². The molecule has 0 aliphatic carbocycles. The second kappa shape index (κ2) is 12.1. The first-order chi connectivity index (χ1) is 17.5. The summed E-state index contributed by atoms with van der Waals surface area (Å²) in [5.74, 6) is 0.573. The van der Waals surface area contributed by atoms with Gasteiger partial charge in [-0.25, -0.2) is 5.01 Å². The van der Waals surface area contributed by atoms with Gasteiger partial charge in [0.1, 0.15) is 12.3 Å². The van der Waals surface area contributed by atoms with Gasteiger partial charge in [-0.2, -0.15) is 5.10 Å². The van der Waals surface area contributed by atoms with E-state index in [0.717, 1.165) is 47.8 Å². The van der Waals surface area contributed by atoms with Crippen molar-refractivity contribution in [2.75, 3.05) is 53.0 Å². The molecule has 8 nitrogen and oxygen atoms in total. The lowest BCUT2D eigenvalue weighted by Crippen LogP contribution is -2.46. The molecule has 0 radical (unpaired) electrons. The Hall–Kier alpha value is -3.23. The number of aryl methyl sites for hydroxylation is 1. The van der Waals surface area contributed by atoms with Crippen molar-refractivity contribution >= 4 is 17.5 Å². The molecule has 0 bridgehead atoms. The summed E-state index contributed by atoms with van der Waals surface area (Å²) in [6.07, 6.45) is 0.967. The van der Waals surface area contributed by atoms with Crippen molar-refractivity contribution in [3.05, 3.63) is 65.2 Å². The highest BCUT2D eigenvalue weighted by atomic mass is 16.5. The highest BCUT2D eigenvalue weighted by Crippen LogP contribution is 2.33. The first kappa shape index (κ1) is 25.9. The number of hydrazone groups is 1. The summed E-state index contributed by atoms with van der Waals surface area (Å²) in [4.78, 5) is 30.3. The fraction of sp³-hybridized carbons (Fsp3) is 0.464. The minimum Gasteiger partial charge on any atom is -0.497 e. The summed E-state index contributed by atoms with van der Waals surface area (Å²) in [5, 5.41) is 6.36. The first-order valence-electron chi connectivity index (χ1n) is 12.7. The Morgan fingerprint density at radius 3 is 2.42 bits per heavy atom. The average Bonchev–Trinajstić information content (AvgIpc) is 3.37. The fourth-order valence-corrected chi connectivity index (χ4v) is 4.58. The largest absolute Gasteiger partial charge is 0.497 e. The summed E-state index contributed by atoms with van der Waals surface area (Å²) in [6, 6.07) is 15.7. The molecular formula is C28H36N4O4. The van der Waals surface area contributed by atoms with E-state index in [0.29, 0.717) is 32.6 Å². The van der Waals surface area contributed by atoms with Gasteiger partial charge < -0.3 is 14.4 Å². The van der Waals surface area contributed by atoms with E-state index < -0.39 is 0 Å². The van der Waals surface area contributed by atoms with E-state index in [4.69, 9.17) is 14.6 Å². The first-order valence-corrected chi connectivity index (χ1v) is 12.7. The summed E-state index contributed by atoms with van der Waals surface area (Å²) >= 11 is 0. The molecule has 1 unspecified atom stereocenters. The van der Waals surface area contributed by atoms with Crippen LogP contribution in [-0.4, -0.2) is 85.4 Å². The summed E-state index contributed by atoms with van der Waals surface area (Å²) < 4.78 is 10.7. The van der Waals surface area contributed by atoms with Crippen molar-refractivity contribution in [1.82, 2.24) is 14.8 Å². The summed E-state index contributed by atoms with van der Waals surface area (Å²) in [7, 11) is 1.64. The molecule has 2 aliphatic heterocycles. The monoisotopic (exact) mass is 492 g/mol. The van der Waals surface area contributed by atoms with Crippen LogP contribution in [0.3, 0.4) is 0 Å². The zero-order valence-electron chi connectivity index (χ0n) is 21.5. The number of methoxy groups -OCH3 is 1. The van der Waals surface area contributed by atoms with Crippen LogP contribution in [-0.2, 0) is 14.3 Å². The Labute approximate surface area is 213 Å². The van der Waals surface area contributed by atoms with Gasteiger partial charge in [0.05, 0.1) is 32.1 Å². The van der Waals surface area contributed by atoms with Gasteiger partial charge >= 0.3 is 0 Å². The van der Waals surface area contributed by atoms with E-state index in [1.54, 1.807) is 17.0 Å². The van der Waals surface area contributed by atoms with Crippen LogP contribution in [0.15, 0.2) is 53.6 Å². The molecule has 1 atom stereocenters. The molecule has 1 saturated heterocycles. The van der Waals surface area contributed by atoms with E-state index in [-0.39, 0.29) is 24.4 Å². The Morgan fingerprint density at radius 2 is 1.78 bits per heavy atom. The lowest BCUT2D eigenvalue weighted by atomic mass is 9.97. The number of nitrogens with zero attached hydrogens (tertiary/aromatic N) is 4. The predicted molar refractivity (Wildman–Crippen MR) is 139 cm³/mol. The summed E-state index contributed by atoms with van der Waals surface area (Å²) in [6.45, 7) is 8.23. The number of hydrogen-bond donors (Lipinski definition) is 0. The molecule has 0 spiro atoms. The Balaban J connectivity index is 1.54. The second-order valence-corrected chi connectivity index (χ2v) is 9.27. The molecule has 8 heteroatoms. The van der Waals surface area contributed by atoms with E-state index in [1.165, 1.54) is 0 Å². The molecular weight excluding hydrogens is 456 g/mol. The van der Waals surface area contributed by atoms with Crippen LogP contribution in [0.1, 0.15) is 42.5 Å². The molecule has 2 aliphatic rings. The topological polar surface area (TPSA) is 74.7 Å². The molecule has 36 heavy (non-hydrogen) atoms. The Bertz CT molecular complexity index is 1060. The van der Waals surface area contributed by atoms with Crippen molar-refractivity contribution in [3.63, 3.8) is 0 Å². The molecule has 0 saturated carbocycles. The molecule has 2 heterocycles. The van der Waals surface area contributed by atoms with Gasteiger partial charge in [0.2, 0.25) is 5.91 Å². The van der Waals surface area contributed by atoms with Gasteiger partial charge in [0.15, 0.2) is 0 Å². The van der Waals surface area contributed by atoms with Crippen LogP contribution in [0, 0.1) is 6.92 Å². The lowest BCUT2D eigenvalue weighted by molar-refractivity contribution is -0.141. The van der Waals surface area contributed by atoms with Gasteiger partial charge in [-0.15, -0.1) is 0 Å². The third-order valence-corrected chi connectivity index (χ3v) is 6.82. The van der Waals surface area contributed by atoms with E-state index in [1.807, 2.05) is 38.1 Å². The van der Waals surface area contributed by atoms with Crippen LogP contribution in [0.5, 0.6) is 5.75 Å². The van der Waals surface area contributed by atoms with Crippen molar-refractivity contribution in [2.24, 2.45) is 5.10 Å². The number of rotatable bonds is 9. The van der Waals surface area contributed by atoms with Crippen molar-refractivity contribution in [3.8, 4) is 5.75 Å². The number of benzene rings is 2. The molecule has 1 fully saturated rings. The number of ether oxygens (including phenoxy) is 2. The minimum absolute atomic E-state index is 0.0127. The normalized spacial score (nSPS) is 18.1. The van der Waals surface area contributed by atoms with Crippen LogP contribution >= 0.6 is 0 Å². The number of carbonyl (C=O) groups excluding carboxylic acids is 2.